The summed E-state index contributed by atoms with van der Waals surface area (Å²) in [5.74, 6) is 0.912. The molecule has 0 radical (unpaired) electrons. The van der Waals surface area contributed by atoms with E-state index in [0.717, 1.165) is 23.4 Å². The van der Waals surface area contributed by atoms with Gasteiger partial charge in [-0.3, -0.25) is 4.40 Å². The Labute approximate surface area is 105 Å². The Morgan fingerprint density at radius 3 is 2.89 bits per heavy atom. The van der Waals surface area contributed by atoms with Crippen molar-refractivity contribution < 1.29 is 5.11 Å². The first-order valence-corrected chi connectivity index (χ1v) is 6.14. The minimum absolute atomic E-state index is 0.179. The van der Waals surface area contributed by atoms with Crippen LogP contribution in [0.3, 0.4) is 0 Å². The number of aryl methyl sites for hydroxylation is 2. The van der Waals surface area contributed by atoms with Gasteiger partial charge in [0.2, 0.25) is 0 Å². The van der Waals surface area contributed by atoms with Gasteiger partial charge in [-0.15, -0.1) is 10.2 Å². The first kappa shape index (κ1) is 11.2. The van der Waals surface area contributed by atoms with Crippen LogP contribution in [0.25, 0.3) is 16.6 Å². The molecule has 0 bridgehead atoms. The van der Waals surface area contributed by atoms with Gasteiger partial charge in [-0.05, 0) is 31.0 Å². The Morgan fingerprint density at radius 2 is 2.06 bits per heavy atom. The van der Waals surface area contributed by atoms with Gasteiger partial charge in [0.1, 0.15) is 5.82 Å². The maximum absolute atomic E-state index is 8.94. The van der Waals surface area contributed by atoms with Crippen LogP contribution in [-0.4, -0.2) is 26.3 Å². The van der Waals surface area contributed by atoms with E-state index in [0.29, 0.717) is 6.42 Å². The number of para-hydroxylation sites is 1. The van der Waals surface area contributed by atoms with Crippen molar-refractivity contribution in [2.45, 2.75) is 19.8 Å². The second kappa shape index (κ2) is 4.38. The lowest BCUT2D eigenvalue weighted by atomic mass is 10.1. The van der Waals surface area contributed by atoms with E-state index in [1.807, 2.05) is 12.1 Å². The van der Waals surface area contributed by atoms with Crippen LogP contribution in [0.1, 0.15) is 17.8 Å². The molecule has 0 aliphatic carbocycles. The highest BCUT2D eigenvalue weighted by molar-refractivity contribution is 5.85. The fourth-order valence-electron chi connectivity index (χ4n) is 2.36. The molecule has 1 N–H and O–H groups in total. The second-order valence-corrected chi connectivity index (χ2v) is 4.48. The molecule has 0 unspecified atom stereocenters. The van der Waals surface area contributed by atoms with Crippen molar-refractivity contribution in [1.82, 2.24) is 14.6 Å². The Bertz CT molecular complexity index is 703. The molecule has 0 atom stereocenters. The molecule has 1 aromatic carbocycles. The molecule has 0 saturated heterocycles. The number of benzene rings is 1. The third-order valence-electron chi connectivity index (χ3n) is 3.23. The van der Waals surface area contributed by atoms with Crippen LogP contribution in [0.4, 0.5) is 0 Å². The molecule has 92 valence electrons. The molecule has 0 amide bonds. The number of fused-ring (bicyclic) bond motifs is 3. The lowest BCUT2D eigenvalue weighted by Crippen LogP contribution is -1.99. The topological polar surface area (TPSA) is 50.4 Å². The summed E-state index contributed by atoms with van der Waals surface area (Å²) in [5, 5.41) is 18.6. The van der Waals surface area contributed by atoms with Gasteiger partial charge in [-0.1, -0.05) is 18.2 Å². The first-order valence-electron chi connectivity index (χ1n) is 6.14. The molecular formula is C14H15N3O. The fraction of sp³-hybridized carbons (Fsp3) is 0.286. The number of nitrogens with zero attached hydrogens (tertiary/aromatic N) is 3. The van der Waals surface area contributed by atoms with E-state index in [9.17, 15) is 0 Å². The van der Waals surface area contributed by atoms with E-state index < -0.39 is 0 Å². The third kappa shape index (κ3) is 1.66. The minimum atomic E-state index is 0.179. The van der Waals surface area contributed by atoms with Crippen molar-refractivity contribution in [3.05, 3.63) is 41.7 Å². The van der Waals surface area contributed by atoms with Gasteiger partial charge in [0, 0.05) is 18.4 Å². The molecular weight excluding hydrogens is 226 g/mol. The SMILES string of the molecule is Cc1cc2nnc(CCCO)n2c2ccccc12. The Balaban J connectivity index is 2.32. The average molecular weight is 241 g/mol. The summed E-state index contributed by atoms with van der Waals surface area (Å²) in [6.45, 7) is 2.27. The summed E-state index contributed by atoms with van der Waals surface area (Å²) >= 11 is 0. The zero-order valence-electron chi connectivity index (χ0n) is 10.3. The zero-order valence-corrected chi connectivity index (χ0v) is 10.3. The average Bonchev–Trinajstić information content (AvgIpc) is 2.80. The van der Waals surface area contributed by atoms with Gasteiger partial charge in [-0.25, -0.2) is 0 Å². The predicted octanol–water partition coefficient (Wildman–Crippen LogP) is 2.12. The molecule has 0 aliphatic rings. The maximum Gasteiger partial charge on any atom is 0.161 e. The third-order valence-corrected chi connectivity index (χ3v) is 3.23. The molecule has 3 aromatic rings. The minimum Gasteiger partial charge on any atom is -0.396 e. The van der Waals surface area contributed by atoms with E-state index in [4.69, 9.17) is 5.11 Å². The van der Waals surface area contributed by atoms with E-state index >= 15 is 0 Å². The highest BCUT2D eigenvalue weighted by Crippen LogP contribution is 2.21. The Kier molecular flexibility index (Phi) is 2.72. The molecule has 2 heterocycles. The standard InChI is InChI=1S/C14H15N3O/c1-10-9-14-16-15-13(7-4-8-18)17(14)12-6-3-2-5-11(10)12/h2-3,5-6,9,18H,4,7-8H2,1H3. The number of aromatic nitrogens is 3. The van der Waals surface area contributed by atoms with Crippen molar-refractivity contribution in [3.63, 3.8) is 0 Å². The summed E-state index contributed by atoms with van der Waals surface area (Å²) in [7, 11) is 0. The molecule has 18 heavy (non-hydrogen) atoms. The number of pyridine rings is 1. The smallest absolute Gasteiger partial charge is 0.161 e. The largest absolute Gasteiger partial charge is 0.396 e. The summed E-state index contributed by atoms with van der Waals surface area (Å²) in [6, 6.07) is 10.3. The van der Waals surface area contributed by atoms with Gasteiger partial charge >= 0.3 is 0 Å². The maximum atomic E-state index is 8.94. The quantitative estimate of drug-likeness (QED) is 0.764. The predicted molar refractivity (Wildman–Crippen MR) is 70.6 cm³/mol. The lowest BCUT2D eigenvalue weighted by molar-refractivity contribution is 0.287. The van der Waals surface area contributed by atoms with Crippen LogP contribution in [0.2, 0.25) is 0 Å². The van der Waals surface area contributed by atoms with Crippen molar-refractivity contribution in [2.75, 3.05) is 6.61 Å². The highest BCUT2D eigenvalue weighted by Gasteiger charge is 2.09. The van der Waals surface area contributed by atoms with Gasteiger partial charge in [0.15, 0.2) is 5.65 Å². The van der Waals surface area contributed by atoms with Crippen LogP contribution in [0.15, 0.2) is 30.3 Å². The van der Waals surface area contributed by atoms with E-state index in [-0.39, 0.29) is 6.61 Å². The van der Waals surface area contributed by atoms with E-state index in [2.05, 4.69) is 39.7 Å². The summed E-state index contributed by atoms with van der Waals surface area (Å²) in [4.78, 5) is 0. The lowest BCUT2D eigenvalue weighted by Gasteiger charge is -2.06. The monoisotopic (exact) mass is 241 g/mol. The van der Waals surface area contributed by atoms with Crippen LogP contribution in [-0.2, 0) is 6.42 Å². The fourth-order valence-corrected chi connectivity index (χ4v) is 2.36. The number of rotatable bonds is 3. The van der Waals surface area contributed by atoms with Crippen LogP contribution in [0.5, 0.6) is 0 Å². The number of hydrogen-bond donors (Lipinski definition) is 1. The van der Waals surface area contributed by atoms with E-state index in [1.165, 1.54) is 10.9 Å². The van der Waals surface area contributed by atoms with Crippen molar-refractivity contribution >= 4 is 16.6 Å². The second-order valence-electron chi connectivity index (χ2n) is 4.48. The van der Waals surface area contributed by atoms with Gasteiger partial charge in [0.25, 0.3) is 0 Å². The number of hydrogen-bond acceptors (Lipinski definition) is 3. The Morgan fingerprint density at radius 1 is 1.22 bits per heavy atom. The molecule has 4 nitrogen and oxygen atoms in total. The van der Waals surface area contributed by atoms with Gasteiger partial charge in [-0.2, -0.15) is 0 Å². The van der Waals surface area contributed by atoms with Crippen LogP contribution < -0.4 is 0 Å². The van der Waals surface area contributed by atoms with Gasteiger partial charge < -0.3 is 5.11 Å². The van der Waals surface area contributed by atoms with Crippen molar-refractivity contribution in [1.29, 1.82) is 0 Å². The van der Waals surface area contributed by atoms with Crippen LogP contribution in [0, 0.1) is 6.92 Å². The first-order chi connectivity index (χ1) is 8.81. The number of aliphatic hydroxyl groups excluding tert-OH is 1. The molecule has 0 saturated carbocycles. The Hall–Kier alpha value is -1.94. The van der Waals surface area contributed by atoms with Crippen molar-refractivity contribution in [3.8, 4) is 0 Å². The molecule has 0 spiro atoms. The molecule has 3 rings (SSSR count). The summed E-state index contributed by atoms with van der Waals surface area (Å²) in [6.07, 6.45) is 1.45. The zero-order chi connectivity index (χ0) is 12.5. The molecule has 4 heteroatoms. The van der Waals surface area contributed by atoms with Gasteiger partial charge in [0.05, 0.1) is 5.52 Å². The molecule has 0 fully saturated rings. The molecule has 2 aromatic heterocycles. The van der Waals surface area contributed by atoms with E-state index in [1.54, 1.807) is 0 Å². The van der Waals surface area contributed by atoms with Crippen molar-refractivity contribution in [2.24, 2.45) is 0 Å². The summed E-state index contributed by atoms with van der Waals surface area (Å²) in [5.41, 5.74) is 3.21. The summed E-state index contributed by atoms with van der Waals surface area (Å²) < 4.78 is 2.08. The highest BCUT2D eigenvalue weighted by atomic mass is 16.2. The molecule has 0 aliphatic heterocycles. The number of aliphatic hydroxyl groups is 1. The van der Waals surface area contributed by atoms with Crippen LogP contribution >= 0.6 is 0 Å². The normalized spacial score (nSPS) is 11.4.